The topological polar surface area (TPSA) is 49.8 Å². The van der Waals surface area contributed by atoms with Crippen LogP contribution in [0.2, 0.25) is 0 Å². The van der Waals surface area contributed by atoms with Crippen molar-refractivity contribution < 1.29 is 14.6 Å². The van der Waals surface area contributed by atoms with Gasteiger partial charge in [-0.15, -0.1) is 12.4 Å². The Morgan fingerprint density at radius 2 is 1.96 bits per heavy atom. The Balaban J connectivity index is 0.00000288. The Labute approximate surface area is 150 Å². The maximum atomic E-state index is 12.6. The molecule has 0 spiro atoms. The van der Waals surface area contributed by atoms with Gasteiger partial charge in [0, 0.05) is 13.1 Å². The minimum absolute atomic E-state index is 0. The number of ether oxygens (including phenoxy) is 1. The molecule has 2 rings (SSSR count). The molecular formula is C19H28ClNO3. The molecule has 24 heavy (non-hydrogen) atoms. The van der Waals surface area contributed by atoms with Crippen LogP contribution in [0.15, 0.2) is 41.5 Å². The van der Waals surface area contributed by atoms with E-state index in [0.29, 0.717) is 5.56 Å². The summed E-state index contributed by atoms with van der Waals surface area (Å²) in [5.41, 5.74) is 1.37. The highest BCUT2D eigenvalue weighted by Gasteiger charge is 2.42. The van der Waals surface area contributed by atoms with E-state index in [9.17, 15) is 9.90 Å². The van der Waals surface area contributed by atoms with E-state index in [1.165, 1.54) is 5.57 Å². The van der Waals surface area contributed by atoms with E-state index in [2.05, 4.69) is 18.9 Å². The number of carbonyl (C=O) groups excluding carboxylic acids is 1. The fourth-order valence-electron chi connectivity index (χ4n) is 2.89. The molecule has 1 unspecified atom stereocenters. The first-order valence-corrected chi connectivity index (χ1v) is 8.16. The second kappa shape index (κ2) is 8.65. The van der Waals surface area contributed by atoms with Gasteiger partial charge < -0.3 is 14.7 Å². The molecule has 0 amide bonds. The maximum Gasteiger partial charge on any atom is 0.343 e. The summed E-state index contributed by atoms with van der Waals surface area (Å²) in [6, 6.07) is 9.03. The Bertz CT molecular complexity index is 586. The van der Waals surface area contributed by atoms with Crippen LogP contribution in [-0.4, -0.2) is 42.7 Å². The number of likely N-dealkylation sites (N-methyl/N-ethyl adjacent to an activating group) is 1. The molecular weight excluding hydrogens is 326 g/mol. The Morgan fingerprint density at radius 1 is 1.33 bits per heavy atom. The third-order valence-electron chi connectivity index (χ3n) is 4.67. The molecule has 0 bridgehead atoms. The number of aliphatic hydroxyl groups is 1. The average Bonchev–Trinajstić information content (AvgIpc) is 2.55. The molecule has 1 atom stereocenters. The molecule has 1 aromatic carbocycles. The molecule has 0 fully saturated rings. The van der Waals surface area contributed by atoms with Crippen molar-refractivity contribution in [2.75, 3.05) is 26.7 Å². The lowest BCUT2D eigenvalue weighted by Gasteiger charge is -2.31. The molecule has 0 aromatic heterocycles. The second-order valence-electron chi connectivity index (χ2n) is 6.73. The van der Waals surface area contributed by atoms with E-state index in [1.54, 1.807) is 12.1 Å². The van der Waals surface area contributed by atoms with Gasteiger partial charge in [-0.25, -0.2) is 4.79 Å². The van der Waals surface area contributed by atoms with E-state index in [4.69, 9.17) is 4.74 Å². The lowest BCUT2D eigenvalue weighted by Crippen LogP contribution is -2.42. The number of benzene rings is 1. The zero-order valence-electron chi connectivity index (χ0n) is 14.9. The van der Waals surface area contributed by atoms with Crippen molar-refractivity contribution in [3.63, 3.8) is 0 Å². The molecule has 0 saturated carbocycles. The first kappa shape index (κ1) is 20.7. The molecule has 0 radical (unpaired) electrons. The van der Waals surface area contributed by atoms with E-state index >= 15 is 0 Å². The van der Waals surface area contributed by atoms with Gasteiger partial charge >= 0.3 is 5.97 Å². The Morgan fingerprint density at radius 3 is 2.54 bits per heavy atom. The molecule has 0 saturated heterocycles. The molecule has 5 heteroatoms. The van der Waals surface area contributed by atoms with Crippen molar-refractivity contribution in [2.24, 2.45) is 5.92 Å². The fourth-order valence-corrected chi connectivity index (χ4v) is 2.89. The number of halogens is 1. The average molecular weight is 354 g/mol. The quantitative estimate of drug-likeness (QED) is 0.652. The number of hydrogen-bond acceptors (Lipinski definition) is 4. The number of nitrogens with zero attached hydrogens (tertiary/aromatic N) is 1. The van der Waals surface area contributed by atoms with Crippen LogP contribution in [0.3, 0.4) is 0 Å². The maximum absolute atomic E-state index is 12.6. The van der Waals surface area contributed by atoms with Gasteiger partial charge in [0.2, 0.25) is 0 Å². The van der Waals surface area contributed by atoms with Gasteiger partial charge in [0.05, 0.1) is 0 Å². The molecule has 1 heterocycles. The number of carbonyl (C=O) groups is 1. The van der Waals surface area contributed by atoms with Crippen molar-refractivity contribution in [2.45, 2.75) is 32.8 Å². The first-order valence-electron chi connectivity index (χ1n) is 8.16. The molecule has 134 valence electrons. The van der Waals surface area contributed by atoms with E-state index in [-0.39, 0.29) is 24.9 Å². The van der Waals surface area contributed by atoms with Crippen LogP contribution in [0.25, 0.3) is 0 Å². The summed E-state index contributed by atoms with van der Waals surface area (Å²) in [6.45, 7) is 7.83. The van der Waals surface area contributed by atoms with Crippen LogP contribution in [0.5, 0.6) is 0 Å². The standard InChI is InChI=1S/C19H27NO3.ClH/c1-14(2)19(22,17-8-6-5-7-9-17)18(21)23-13-16-12-20(4)11-10-15(16)3;/h5-9,14,22H,10-13H2,1-4H3;1H. The molecule has 1 aliphatic heterocycles. The minimum Gasteiger partial charge on any atom is -0.459 e. The molecule has 1 N–H and O–H groups in total. The van der Waals surface area contributed by atoms with Gasteiger partial charge in [0.1, 0.15) is 6.61 Å². The molecule has 4 nitrogen and oxygen atoms in total. The summed E-state index contributed by atoms with van der Waals surface area (Å²) in [4.78, 5) is 14.8. The van der Waals surface area contributed by atoms with Crippen molar-refractivity contribution >= 4 is 18.4 Å². The summed E-state index contributed by atoms with van der Waals surface area (Å²) < 4.78 is 5.51. The van der Waals surface area contributed by atoms with Gasteiger partial charge in [0.15, 0.2) is 5.60 Å². The van der Waals surface area contributed by atoms with Crippen LogP contribution < -0.4 is 0 Å². The highest BCUT2D eigenvalue weighted by Crippen LogP contribution is 2.31. The minimum atomic E-state index is -1.61. The SMILES string of the molecule is CC1=C(COC(=O)C(O)(c2ccccc2)C(C)C)CN(C)CC1.Cl. The van der Waals surface area contributed by atoms with Crippen LogP contribution >= 0.6 is 12.4 Å². The van der Waals surface area contributed by atoms with Crippen molar-refractivity contribution in [1.29, 1.82) is 0 Å². The summed E-state index contributed by atoms with van der Waals surface area (Å²) in [6.07, 6.45) is 0.997. The largest absolute Gasteiger partial charge is 0.459 e. The smallest absolute Gasteiger partial charge is 0.343 e. The third kappa shape index (κ3) is 4.38. The van der Waals surface area contributed by atoms with Gasteiger partial charge in [-0.05, 0) is 37.4 Å². The van der Waals surface area contributed by atoms with Gasteiger partial charge in [-0.1, -0.05) is 49.8 Å². The summed E-state index contributed by atoms with van der Waals surface area (Å²) in [5.74, 6) is -0.853. The van der Waals surface area contributed by atoms with Crippen LogP contribution in [0.4, 0.5) is 0 Å². The fraction of sp³-hybridized carbons (Fsp3) is 0.526. The highest BCUT2D eigenvalue weighted by molar-refractivity contribution is 5.85. The van der Waals surface area contributed by atoms with Gasteiger partial charge in [-0.3, -0.25) is 0 Å². The van der Waals surface area contributed by atoms with Crippen LogP contribution in [0, 0.1) is 5.92 Å². The number of hydrogen-bond donors (Lipinski definition) is 1. The Hall–Kier alpha value is -1.36. The number of rotatable bonds is 5. The van der Waals surface area contributed by atoms with E-state index < -0.39 is 11.6 Å². The predicted octanol–water partition coefficient (Wildman–Crippen LogP) is 3.15. The first-order chi connectivity index (χ1) is 10.9. The molecule has 1 aliphatic rings. The van der Waals surface area contributed by atoms with Crippen molar-refractivity contribution in [3.05, 3.63) is 47.0 Å². The zero-order chi connectivity index (χ0) is 17.0. The van der Waals surface area contributed by atoms with Crippen LogP contribution in [-0.2, 0) is 15.1 Å². The molecule has 0 aliphatic carbocycles. The summed E-state index contributed by atoms with van der Waals surface area (Å²) in [5, 5.41) is 11.0. The third-order valence-corrected chi connectivity index (χ3v) is 4.67. The van der Waals surface area contributed by atoms with E-state index in [1.807, 2.05) is 32.0 Å². The monoisotopic (exact) mass is 353 g/mol. The lowest BCUT2D eigenvalue weighted by atomic mass is 9.83. The Kier molecular flexibility index (Phi) is 7.46. The van der Waals surface area contributed by atoms with Crippen molar-refractivity contribution in [3.8, 4) is 0 Å². The predicted molar refractivity (Wildman–Crippen MR) is 98.2 cm³/mol. The summed E-state index contributed by atoms with van der Waals surface area (Å²) in [7, 11) is 2.06. The van der Waals surface area contributed by atoms with Crippen LogP contribution in [0.1, 0.15) is 32.8 Å². The molecule has 1 aromatic rings. The highest BCUT2D eigenvalue weighted by atomic mass is 35.5. The zero-order valence-corrected chi connectivity index (χ0v) is 15.7. The van der Waals surface area contributed by atoms with E-state index in [0.717, 1.165) is 25.1 Å². The lowest BCUT2D eigenvalue weighted by molar-refractivity contribution is -0.171. The second-order valence-corrected chi connectivity index (χ2v) is 6.73. The number of esters is 1. The van der Waals surface area contributed by atoms with Crippen molar-refractivity contribution in [1.82, 2.24) is 4.90 Å². The van der Waals surface area contributed by atoms with Gasteiger partial charge in [0.25, 0.3) is 0 Å². The van der Waals surface area contributed by atoms with Gasteiger partial charge in [-0.2, -0.15) is 0 Å². The normalized spacial score (nSPS) is 18.1. The summed E-state index contributed by atoms with van der Waals surface area (Å²) >= 11 is 0.